The van der Waals surface area contributed by atoms with Crippen LogP contribution in [-0.2, 0) is 0 Å². The predicted octanol–water partition coefficient (Wildman–Crippen LogP) is 4.07. The minimum atomic E-state index is -0.0541. The van der Waals surface area contributed by atoms with Crippen LogP contribution in [-0.4, -0.2) is 19.5 Å². The van der Waals surface area contributed by atoms with Gasteiger partial charge in [-0.2, -0.15) is 21.0 Å². The van der Waals surface area contributed by atoms with Crippen molar-refractivity contribution in [2.24, 2.45) is 0 Å². The number of hydrogen-bond acceptors (Lipinski definition) is 6. The molecule has 2 aliphatic rings. The second-order valence-electron chi connectivity index (χ2n) is 6.98. The van der Waals surface area contributed by atoms with E-state index in [4.69, 9.17) is 0 Å². The number of aromatic amines is 1. The SMILES string of the molecule is N#Cc1c(C#N)c2c(C#N)c3nc(cc4ccc(cc5nc(cc1n2C#N)C=C5)[nH]4)C=C3. The lowest BCUT2D eigenvalue weighted by Gasteiger charge is -1.96. The third-order valence-corrected chi connectivity index (χ3v) is 5.10. The first-order chi connectivity index (χ1) is 15.6. The van der Waals surface area contributed by atoms with E-state index in [1.165, 1.54) is 0 Å². The van der Waals surface area contributed by atoms with Crippen molar-refractivity contribution >= 4 is 46.4 Å². The topological polar surface area (TPSA) is 142 Å². The molecule has 0 aromatic carbocycles. The average molecular weight is 410 g/mol. The van der Waals surface area contributed by atoms with Crippen molar-refractivity contribution < 1.29 is 0 Å². The van der Waals surface area contributed by atoms with Gasteiger partial charge in [-0.25, -0.2) is 14.5 Å². The Balaban J connectivity index is 2.08. The Labute approximate surface area is 181 Å². The molecular weight excluding hydrogens is 400 g/mol. The summed E-state index contributed by atoms with van der Waals surface area (Å²) in [5.41, 5.74) is 3.96. The molecule has 2 aliphatic heterocycles. The van der Waals surface area contributed by atoms with Crippen LogP contribution in [0.1, 0.15) is 39.5 Å². The van der Waals surface area contributed by atoms with Gasteiger partial charge in [-0.3, -0.25) is 0 Å². The highest BCUT2D eigenvalue weighted by molar-refractivity contribution is 5.89. The van der Waals surface area contributed by atoms with Crippen molar-refractivity contribution in [3.8, 4) is 24.4 Å². The molecule has 32 heavy (non-hydrogen) atoms. The summed E-state index contributed by atoms with van der Waals surface area (Å²) < 4.78 is 1.12. The second kappa shape index (κ2) is 7.11. The van der Waals surface area contributed by atoms with E-state index in [0.29, 0.717) is 22.8 Å². The highest BCUT2D eigenvalue weighted by Gasteiger charge is 2.21. The number of nitrogens with zero attached hydrogens (tertiary/aromatic N) is 7. The van der Waals surface area contributed by atoms with E-state index in [2.05, 4.69) is 21.0 Å². The first kappa shape index (κ1) is 18.6. The van der Waals surface area contributed by atoms with Gasteiger partial charge in [-0.1, -0.05) is 0 Å². The molecular formula is C24H10N8. The largest absolute Gasteiger partial charge is 0.355 e. The fourth-order valence-electron chi connectivity index (χ4n) is 3.73. The molecule has 5 heterocycles. The molecule has 3 aromatic heterocycles. The van der Waals surface area contributed by atoms with E-state index in [1.54, 1.807) is 24.3 Å². The smallest absolute Gasteiger partial charge is 0.189 e. The molecule has 0 unspecified atom stereocenters. The Morgan fingerprint density at radius 1 is 0.688 bits per heavy atom. The van der Waals surface area contributed by atoms with Crippen LogP contribution in [0.3, 0.4) is 0 Å². The lowest BCUT2D eigenvalue weighted by molar-refractivity contribution is 1.18. The molecule has 0 saturated heterocycles. The Hall–Kier alpha value is -5.44. The lowest BCUT2D eigenvalue weighted by atomic mass is 10.1. The van der Waals surface area contributed by atoms with Crippen molar-refractivity contribution in [1.29, 1.82) is 21.0 Å². The highest BCUT2D eigenvalue weighted by atomic mass is 15.0. The van der Waals surface area contributed by atoms with Crippen molar-refractivity contribution in [3.63, 3.8) is 0 Å². The molecule has 0 amide bonds. The number of fused-ring (bicyclic) bond motifs is 8. The number of hydrogen-bond donors (Lipinski definition) is 1. The van der Waals surface area contributed by atoms with Gasteiger partial charge in [0.1, 0.15) is 23.8 Å². The van der Waals surface area contributed by atoms with Crippen LogP contribution in [0.2, 0.25) is 0 Å². The van der Waals surface area contributed by atoms with Crippen molar-refractivity contribution in [2.45, 2.75) is 0 Å². The van der Waals surface area contributed by atoms with Gasteiger partial charge in [0.25, 0.3) is 0 Å². The molecule has 8 nitrogen and oxygen atoms in total. The number of aromatic nitrogens is 4. The summed E-state index contributed by atoms with van der Waals surface area (Å²) in [6.07, 6.45) is 8.95. The summed E-state index contributed by atoms with van der Waals surface area (Å²) in [4.78, 5) is 12.3. The van der Waals surface area contributed by atoms with Crippen LogP contribution in [0.5, 0.6) is 0 Å². The summed E-state index contributed by atoms with van der Waals surface area (Å²) in [5.74, 6) is 0. The summed E-state index contributed by atoms with van der Waals surface area (Å²) in [6, 6.07) is 15.1. The summed E-state index contributed by atoms with van der Waals surface area (Å²) >= 11 is 0. The molecule has 8 bridgehead atoms. The molecule has 0 aliphatic carbocycles. The first-order valence-electron chi connectivity index (χ1n) is 9.42. The number of nitrogens with one attached hydrogen (secondary N) is 1. The molecule has 1 N–H and O–H groups in total. The number of rotatable bonds is 0. The molecule has 0 radical (unpaired) electrons. The highest BCUT2D eigenvalue weighted by Crippen LogP contribution is 2.29. The van der Waals surface area contributed by atoms with E-state index in [9.17, 15) is 21.0 Å². The van der Waals surface area contributed by atoms with Crippen molar-refractivity contribution in [3.05, 3.63) is 69.8 Å². The van der Waals surface area contributed by atoms with Crippen LogP contribution < -0.4 is 0 Å². The molecule has 3 aromatic rings. The Morgan fingerprint density at radius 2 is 1.28 bits per heavy atom. The molecule has 0 atom stereocenters. The fraction of sp³-hybridized carbons (Fsp3) is 0. The third-order valence-electron chi connectivity index (χ3n) is 5.10. The molecule has 0 spiro atoms. The van der Waals surface area contributed by atoms with Crippen molar-refractivity contribution in [1.82, 2.24) is 19.5 Å². The number of H-pyrrole nitrogens is 1. The maximum absolute atomic E-state index is 9.93. The van der Waals surface area contributed by atoms with Gasteiger partial charge < -0.3 is 4.98 Å². The monoisotopic (exact) mass is 410 g/mol. The zero-order valence-electron chi connectivity index (χ0n) is 16.3. The van der Waals surface area contributed by atoms with E-state index in [1.807, 2.05) is 48.7 Å². The average Bonchev–Trinajstić information content (AvgIpc) is 3.57. The van der Waals surface area contributed by atoms with Crippen LogP contribution in [0.25, 0.3) is 46.4 Å². The Bertz CT molecular complexity index is 1720. The van der Waals surface area contributed by atoms with E-state index in [-0.39, 0.29) is 27.7 Å². The van der Waals surface area contributed by atoms with E-state index < -0.39 is 0 Å². The summed E-state index contributed by atoms with van der Waals surface area (Å²) in [5, 5.41) is 39.4. The van der Waals surface area contributed by atoms with Crippen molar-refractivity contribution in [2.75, 3.05) is 0 Å². The van der Waals surface area contributed by atoms with Crippen LogP contribution in [0, 0.1) is 45.4 Å². The summed E-state index contributed by atoms with van der Waals surface area (Å²) in [7, 11) is 0. The molecule has 0 saturated carbocycles. The minimum Gasteiger partial charge on any atom is -0.355 e. The van der Waals surface area contributed by atoms with Gasteiger partial charge in [0.05, 0.1) is 44.9 Å². The first-order valence-corrected chi connectivity index (χ1v) is 9.42. The molecule has 146 valence electrons. The minimum absolute atomic E-state index is 0.00146. The fourth-order valence-corrected chi connectivity index (χ4v) is 3.73. The molecule has 0 fully saturated rings. The molecule has 5 rings (SSSR count). The van der Waals surface area contributed by atoms with Gasteiger partial charge in [-0.05, 0) is 54.6 Å². The number of nitriles is 4. The standard InChI is InChI=1S/C24H10N8/c25-10-19-20(11-26)24-21(12-27)22-6-5-17(31-22)8-16-2-1-14(29-16)7-15-3-4-18(30-15)9-23(19)32(24)13-28/h1-9,29H. The zero-order valence-corrected chi connectivity index (χ0v) is 16.3. The Morgan fingerprint density at radius 3 is 1.91 bits per heavy atom. The van der Waals surface area contributed by atoms with Gasteiger partial charge in [0.2, 0.25) is 0 Å². The maximum Gasteiger partial charge on any atom is 0.189 e. The van der Waals surface area contributed by atoms with Gasteiger partial charge in [0, 0.05) is 11.0 Å². The van der Waals surface area contributed by atoms with Crippen LogP contribution in [0.15, 0.2) is 30.3 Å². The van der Waals surface area contributed by atoms with Gasteiger partial charge >= 0.3 is 0 Å². The van der Waals surface area contributed by atoms with Gasteiger partial charge in [0.15, 0.2) is 6.19 Å². The predicted molar refractivity (Wildman–Crippen MR) is 118 cm³/mol. The van der Waals surface area contributed by atoms with E-state index in [0.717, 1.165) is 15.6 Å². The third kappa shape index (κ3) is 2.82. The van der Waals surface area contributed by atoms with Crippen LogP contribution in [0.4, 0.5) is 0 Å². The Kier molecular flexibility index (Phi) is 4.13. The normalized spacial score (nSPS) is 11.4. The zero-order chi connectivity index (χ0) is 22.2. The lowest BCUT2D eigenvalue weighted by Crippen LogP contribution is -1.93. The second-order valence-corrected chi connectivity index (χ2v) is 6.98. The maximum atomic E-state index is 9.93. The summed E-state index contributed by atoms with van der Waals surface area (Å²) in [6.45, 7) is 0. The van der Waals surface area contributed by atoms with Crippen LogP contribution >= 0.6 is 0 Å². The quantitative estimate of drug-likeness (QED) is 0.408. The molecule has 8 heteroatoms. The van der Waals surface area contributed by atoms with E-state index >= 15 is 0 Å². The van der Waals surface area contributed by atoms with Gasteiger partial charge in [-0.15, -0.1) is 0 Å².